The van der Waals surface area contributed by atoms with Crippen molar-refractivity contribution in [3.05, 3.63) is 10.4 Å². The molecule has 4 atom stereocenters. The van der Waals surface area contributed by atoms with Crippen LogP contribution in [0.25, 0.3) is 10.4 Å². The van der Waals surface area contributed by atoms with Gasteiger partial charge in [-0.1, -0.05) is 5.11 Å². The predicted molar refractivity (Wildman–Crippen MR) is 52.7 cm³/mol. The summed E-state index contributed by atoms with van der Waals surface area (Å²) >= 11 is 0. The fourth-order valence-electron chi connectivity index (χ4n) is 1.35. The number of rotatable bonds is 4. The van der Waals surface area contributed by atoms with Crippen molar-refractivity contribution in [3.63, 3.8) is 0 Å². The zero-order valence-corrected chi connectivity index (χ0v) is 9.42. The van der Waals surface area contributed by atoms with Crippen molar-refractivity contribution in [3.8, 4) is 0 Å². The number of aliphatic hydroxyl groups excluding tert-OH is 2. The Morgan fingerprint density at radius 3 is 2.65 bits per heavy atom. The lowest BCUT2D eigenvalue weighted by Crippen LogP contribution is -2.53. The Labute approximate surface area is 95.6 Å². The second kappa shape index (κ2) is 5.76. The summed E-state index contributed by atoms with van der Waals surface area (Å²) in [4.78, 5) is 19.4. The van der Waals surface area contributed by atoms with Gasteiger partial charge in [-0.05, 0) is 5.53 Å². The first-order valence-corrected chi connectivity index (χ1v) is 6.10. The van der Waals surface area contributed by atoms with Crippen molar-refractivity contribution >= 4 is 7.82 Å². The summed E-state index contributed by atoms with van der Waals surface area (Å²) in [5.41, 5.74) is 8.18. The molecule has 1 aliphatic rings. The highest BCUT2D eigenvalue weighted by atomic mass is 31.2. The molecule has 17 heavy (non-hydrogen) atoms. The van der Waals surface area contributed by atoms with Gasteiger partial charge in [0.15, 0.2) is 0 Å². The van der Waals surface area contributed by atoms with E-state index in [0.29, 0.717) is 0 Å². The van der Waals surface area contributed by atoms with Crippen molar-refractivity contribution in [2.75, 3.05) is 13.2 Å². The SMILES string of the molecule is [N-]=[N+]=N[C@@H]1CO[C@H](COP(=O)(O)O)[C@@H](O)[C@H]1O. The van der Waals surface area contributed by atoms with Gasteiger partial charge in [-0.25, -0.2) is 4.57 Å². The minimum atomic E-state index is -4.66. The number of aliphatic hydroxyl groups is 2. The summed E-state index contributed by atoms with van der Waals surface area (Å²) in [6.45, 7) is -0.747. The van der Waals surface area contributed by atoms with E-state index in [-0.39, 0.29) is 6.61 Å². The molecule has 0 aromatic rings. The molecule has 1 fully saturated rings. The van der Waals surface area contributed by atoms with Crippen molar-refractivity contribution in [2.45, 2.75) is 24.4 Å². The minimum absolute atomic E-state index is 0.169. The normalized spacial score (nSPS) is 34.1. The molecule has 0 radical (unpaired) electrons. The molecule has 98 valence electrons. The highest BCUT2D eigenvalue weighted by Gasteiger charge is 2.38. The van der Waals surface area contributed by atoms with E-state index in [9.17, 15) is 14.8 Å². The van der Waals surface area contributed by atoms with Crippen molar-refractivity contribution < 1.29 is 33.8 Å². The van der Waals surface area contributed by atoms with Crippen molar-refractivity contribution in [1.29, 1.82) is 0 Å². The smallest absolute Gasteiger partial charge is 0.390 e. The molecule has 0 saturated carbocycles. The largest absolute Gasteiger partial charge is 0.469 e. The van der Waals surface area contributed by atoms with Crippen LogP contribution in [0, 0.1) is 0 Å². The van der Waals surface area contributed by atoms with E-state index in [1.54, 1.807) is 0 Å². The maximum absolute atomic E-state index is 10.4. The van der Waals surface area contributed by atoms with E-state index in [1.165, 1.54) is 0 Å². The maximum Gasteiger partial charge on any atom is 0.469 e. The van der Waals surface area contributed by atoms with Crippen LogP contribution in [0.5, 0.6) is 0 Å². The third kappa shape index (κ3) is 4.23. The van der Waals surface area contributed by atoms with E-state index in [1.807, 2.05) is 0 Å². The summed E-state index contributed by atoms with van der Waals surface area (Å²) in [5.74, 6) is 0. The van der Waals surface area contributed by atoms with Gasteiger partial charge in [0.1, 0.15) is 12.2 Å². The third-order valence-electron chi connectivity index (χ3n) is 2.21. The summed E-state index contributed by atoms with van der Waals surface area (Å²) in [5, 5.41) is 22.3. The van der Waals surface area contributed by atoms with Crippen LogP contribution < -0.4 is 0 Å². The van der Waals surface area contributed by atoms with E-state index in [2.05, 4.69) is 14.5 Å². The van der Waals surface area contributed by atoms with Gasteiger partial charge in [-0.3, -0.25) is 4.52 Å². The van der Waals surface area contributed by atoms with Gasteiger partial charge in [0.05, 0.1) is 25.4 Å². The molecule has 0 amide bonds. The van der Waals surface area contributed by atoms with Crippen LogP contribution in [-0.4, -0.2) is 57.6 Å². The van der Waals surface area contributed by atoms with Crippen LogP contribution in [0.3, 0.4) is 0 Å². The Morgan fingerprint density at radius 2 is 2.12 bits per heavy atom. The van der Waals surface area contributed by atoms with Crippen molar-refractivity contribution in [1.82, 2.24) is 0 Å². The first kappa shape index (κ1) is 14.4. The number of nitrogens with zero attached hydrogens (tertiary/aromatic N) is 3. The topological polar surface area (TPSA) is 165 Å². The lowest BCUT2D eigenvalue weighted by molar-refractivity contribution is -0.154. The Kier molecular flexibility index (Phi) is 4.87. The molecule has 0 aromatic carbocycles. The van der Waals surface area contributed by atoms with Gasteiger partial charge in [0.2, 0.25) is 0 Å². The third-order valence-corrected chi connectivity index (χ3v) is 2.70. The van der Waals surface area contributed by atoms with E-state index in [0.717, 1.165) is 0 Å². The molecule has 0 aliphatic carbocycles. The molecule has 10 nitrogen and oxygen atoms in total. The minimum Gasteiger partial charge on any atom is -0.390 e. The summed E-state index contributed by atoms with van der Waals surface area (Å²) in [6.07, 6.45) is -3.92. The van der Waals surface area contributed by atoms with E-state index < -0.39 is 38.8 Å². The Hall–Kier alpha value is -0.700. The first-order valence-electron chi connectivity index (χ1n) is 4.57. The standard InChI is InChI=1S/C6H12N3O7P/c7-9-8-3-1-15-4(6(11)5(3)10)2-16-17(12,13)14/h3-6,10-11H,1-2H2,(H2,12,13,14)/t3-,4-,5+,6-/m1/s1. The molecule has 0 spiro atoms. The molecular formula is C6H12N3O7P. The van der Waals surface area contributed by atoms with Crippen LogP contribution in [0.1, 0.15) is 0 Å². The van der Waals surface area contributed by atoms with Crippen LogP contribution in [0.15, 0.2) is 5.11 Å². The maximum atomic E-state index is 10.4. The lowest BCUT2D eigenvalue weighted by Gasteiger charge is -2.35. The van der Waals surface area contributed by atoms with Gasteiger partial charge in [-0.2, -0.15) is 0 Å². The number of hydrogen-bond donors (Lipinski definition) is 4. The molecule has 1 aliphatic heterocycles. The molecule has 0 bridgehead atoms. The van der Waals surface area contributed by atoms with Gasteiger partial charge >= 0.3 is 7.82 Å². The number of phosphoric ester groups is 1. The summed E-state index contributed by atoms with van der Waals surface area (Å²) in [6, 6.07) is -0.943. The number of azide groups is 1. The Morgan fingerprint density at radius 1 is 1.47 bits per heavy atom. The lowest BCUT2D eigenvalue weighted by atomic mass is 9.99. The molecule has 1 saturated heterocycles. The molecule has 11 heteroatoms. The summed E-state index contributed by atoms with van der Waals surface area (Å²) < 4.78 is 19.6. The zero-order valence-electron chi connectivity index (χ0n) is 8.53. The average molecular weight is 269 g/mol. The van der Waals surface area contributed by atoms with Gasteiger partial charge in [0.25, 0.3) is 0 Å². The first-order chi connectivity index (χ1) is 7.85. The van der Waals surface area contributed by atoms with E-state index in [4.69, 9.17) is 20.1 Å². The summed E-state index contributed by atoms with van der Waals surface area (Å²) in [7, 11) is -4.66. The second-order valence-corrected chi connectivity index (χ2v) is 4.65. The quantitative estimate of drug-likeness (QED) is 0.217. The van der Waals surface area contributed by atoms with Crippen molar-refractivity contribution in [2.24, 2.45) is 5.11 Å². The highest BCUT2D eigenvalue weighted by Crippen LogP contribution is 2.36. The molecule has 0 aromatic heterocycles. The van der Waals surface area contributed by atoms with Crippen LogP contribution in [-0.2, 0) is 13.8 Å². The second-order valence-electron chi connectivity index (χ2n) is 3.41. The Bertz CT molecular complexity index is 354. The fraction of sp³-hybridized carbons (Fsp3) is 1.00. The average Bonchev–Trinajstić information content (AvgIpc) is 2.23. The predicted octanol–water partition coefficient (Wildman–Crippen LogP) is -1.10. The van der Waals surface area contributed by atoms with Gasteiger partial charge < -0.3 is 24.7 Å². The Balaban J connectivity index is 2.56. The molecule has 1 rings (SSSR count). The van der Waals surface area contributed by atoms with Crippen LogP contribution in [0.2, 0.25) is 0 Å². The molecule has 1 heterocycles. The van der Waals surface area contributed by atoms with Gasteiger partial charge in [-0.15, -0.1) is 0 Å². The van der Waals surface area contributed by atoms with Crippen LogP contribution >= 0.6 is 7.82 Å². The molecular weight excluding hydrogens is 257 g/mol. The van der Waals surface area contributed by atoms with E-state index >= 15 is 0 Å². The number of phosphoric acid groups is 1. The molecule has 4 N–H and O–H groups in total. The monoisotopic (exact) mass is 269 g/mol. The fourth-order valence-corrected chi connectivity index (χ4v) is 1.69. The number of hydrogen-bond acceptors (Lipinski definition) is 6. The highest BCUT2D eigenvalue weighted by molar-refractivity contribution is 7.46. The van der Waals surface area contributed by atoms with Gasteiger partial charge in [0, 0.05) is 4.91 Å². The van der Waals surface area contributed by atoms with Crippen LogP contribution in [0.4, 0.5) is 0 Å². The molecule has 0 unspecified atom stereocenters. The zero-order chi connectivity index (χ0) is 13.1. The number of ether oxygens (including phenoxy) is 1.